The second kappa shape index (κ2) is 15.2. The van der Waals surface area contributed by atoms with Crippen molar-refractivity contribution in [2.24, 2.45) is 11.8 Å². The highest BCUT2D eigenvalue weighted by atomic mass is 32.2. The Kier molecular flexibility index (Phi) is 12.1. The molecule has 1 aromatic heterocycles. The number of nitrogens with one attached hydrogen (secondary N) is 1. The number of ether oxygens (including phenoxy) is 6. The second-order valence-electron chi connectivity index (χ2n) is 9.08. The number of hydrogen-bond donors (Lipinski definition) is 1. The van der Waals surface area contributed by atoms with Crippen molar-refractivity contribution >= 4 is 44.8 Å². The minimum Gasteiger partial charge on any atom is -0.493 e. The van der Waals surface area contributed by atoms with Crippen molar-refractivity contribution < 1.29 is 47.6 Å². The summed E-state index contributed by atoms with van der Waals surface area (Å²) >= 11 is 1.42. The molecule has 2 fully saturated rings. The molecule has 1 aromatic rings. The molecule has 1 saturated carbocycles. The summed E-state index contributed by atoms with van der Waals surface area (Å²) in [5.41, 5.74) is -0.220. The summed E-state index contributed by atoms with van der Waals surface area (Å²) < 4.78 is 32.8. The molecule has 1 N–H and O–H groups in total. The molecule has 1 amide bonds. The van der Waals surface area contributed by atoms with Crippen LogP contribution in [0.1, 0.15) is 43.1 Å². The smallest absolute Gasteiger partial charge is 0.332 e. The van der Waals surface area contributed by atoms with Gasteiger partial charge in [0.1, 0.15) is 18.8 Å². The SMILES string of the molecule is COc1ccnc(C(=O)N[C@H]2COC(=O)[C@H](CP)[C@@H](OCSC)[C@H](C)OC2=O)c1OCOC(=O)C1CCCC1. The summed E-state index contributed by atoms with van der Waals surface area (Å²) in [5.74, 6) is -3.03. The number of esters is 3. The summed E-state index contributed by atoms with van der Waals surface area (Å²) in [5, 5.41) is 2.50. The van der Waals surface area contributed by atoms with E-state index in [1.54, 1.807) is 6.92 Å². The number of nitrogens with zero attached hydrogens (tertiary/aromatic N) is 1. The second-order valence-corrected chi connectivity index (χ2v) is 10.4. The lowest BCUT2D eigenvalue weighted by Crippen LogP contribution is -2.46. The van der Waals surface area contributed by atoms with Crippen LogP contribution in [-0.2, 0) is 33.3 Å². The van der Waals surface area contributed by atoms with Crippen molar-refractivity contribution in [3.05, 3.63) is 18.0 Å². The Labute approximate surface area is 233 Å². The van der Waals surface area contributed by atoms with Gasteiger partial charge < -0.3 is 33.7 Å². The Morgan fingerprint density at radius 1 is 1.23 bits per heavy atom. The minimum absolute atomic E-state index is 0.0767. The quantitative estimate of drug-likeness (QED) is 0.175. The molecule has 0 aromatic carbocycles. The van der Waals surface area contributed by atoms with Crippen LogP contribution >= 0.6 is 21.0 Å². The zero-order valence-corrected chi connectivity index (χ0v) is 24.2. The van der Waals surface area contributed by atoms with E-state index in [-0.39, 0.29) is 29.1 Å². The fourth-order valence-corrected chi connectivity index (χ4v) is 5.16. The molecule has 216 valence electrons. The van der Waals surface area contributed by atoms with E-state index >= 15 is 0 Å². The first-order chi connectivity index (χ1) is 18.8. The van der Waals surface area contributed by atoms with Gasteiger partial charge in [0.25, 0.3) is 5.91 Å². The van der Waals surface area contributed by atoms with Gasteiger partial charge in [0.05, 0.1) is 24.9 Å². The number of pyridine rings is 1. The Hall–Kier alpha value is -2.63. The van der Waals surface area contributed by atoms with Gasteiger partial charge in [-0.25, -0.2) is 9.78 Å². The Morgan fingerprint density at radius 3 is 2.64 bits per heavy atom. The molecule has 0 spiro atoms. The fraction of sp³-hybridized carbons (Fsp3) is 0.640. The van der Waals surface area contributed by atoms with E-state index in [0.717, 1.165) is 25.7 Å². The van der Waals surface area contributed by atoms with Crippen LogP contribution in [0.25, 0.3) is 0 Å². The highest BCUT2D eigenvalue weighted by Gasteiger charge is 2.39. The molecule has 1 saturated heterocycles. The molecule has 12 nitrogen and oxygen atoms in total. The monoisotopic (exact) mass is 586 g/mol. The van der Waals surface area contributed by atoms with Gasteiger partial charge in [-0.15, -0.1) is 21.0 Å². The van der Waals surface area contributed by atoms with Gasteiger partial charge in [-0.05, 0) is 32.2 Å². The van der Waals surface area contributed by atoms with Crippen molar-refractivity contribution in [3.63, 3.8) is 0 Å². The van der Waals surface area contributed by atoms with Crippen LogP contribution < -0.4 is 14.8 Å². The van der Waals surface area contributed by atoms with E-state index < -0.39 is 55.4 Å². The lowest BCUT2D eigenvalue weighted by molar-refractivity contribution is -0.161. The average Bonchev–Trinajstić information content (AvgIpc) is 3.48. The number of aromatic nitrogens is 1. The van der Waals surface area contributed by atoms with Crippen molar-refractivity contribution in [2.75, 3.05) is 38.9 Å². The van der Waals surface area contributed by atoms with Gasteiger partial charge in [0.15, 0.2) is 23.2 Å². The molecule has 39 heavy (non-hydrogen) atoms. The maximum absolute atomic E-state index is 13.2. The number of methoxy groups -OCH3 is 1. The molecule has 2 heterocycles. The largest absolute Gasteiger partial charge is 0.493 e. The average molecular weight is 587 g/mol. The molecule has 1 unspecified atom stereocenters. The lowest BCUT2D eigenvalue weighted by Gasteiger charge is -2.28. The van der Waals surface area contributed by atoms with E-state index in [2.05, 4.69) is 19.5 Å². The van der Waals surface area contributed by atoms with Gasteiger partial charge in [-0.1, -0.05) is 12.8 Å². The van der Waals surface area contributed by atoms with Crippen LogP contribution in [0.15, 0.2) is 12.3 Å². The molecular weight excluding hydrogens is 551 g/mol. The minimum atomic E-state index is -1.32. The number of hydrogen-bond acceptors (Lipinski definition) is 12. The topological polar surface area (TPSA) is 149 Å². The highest BCUT2D eigenvalue weighted by Crippen LogP contribution is 2.30. The van der Waals surface area contributed by atoms with Crippen LogP contribution in [0.3, 0.4) is 0 Å². The zero-order chi connectivity index (χ0) is 28.4. The zero-order valence-electron chi connectivity index (χ0n) is 22.2. The molecule has 14 heteroatoms. The number of cyclic esters (lactones) is 2. The van der Waals surface area contributed by atoms with Gasteiger partial charge in [0.2, 0.25) is 6.79 Å². The van der Waals surface area contributed by atoms with Crippen molar-refractivity contribution in [3.8, 4) is 11.5 Å². The number of amides is 1. The van der Waals surface area contributed by atoms with Crippen molar-refractivity contribution in [1.29, 1.82) is 0 Å². The van der Waals surface area contributed by atoms with Crippen LogP contribution in [0.2, 0.25) is 0 Å². The predicted octanol–water partition coefficient (Wildman–Crippen LogP) is 1.94. The fourth-order valence-electron chi connectivity index (χ4n) is 4.41. The molecular formula is C25H35N2O10PS. The van der Waals surface area contributed by atoms with E-state index in [4.69, 9.17) is 28.4 Å². The van der Waals surface area contributed by atoms with E-state index in [0.29, 0.717) is 12.1 Å². The molecule has 1 aliphatic carbocycles. The third kappa shape index (κ3) is 8.18. The van der Waals surface area contributed by atoms with E-state index in [1.807, 2.05) is 6.26 Å². The van der Waals surface area contributed by atoms with Crippen LogP contribution in [0.5, 0.6) is 11.5 Å². The van der Waals surface area contributed by atoms with Gasteiger partial charge in [-0.2, -0.15) is 0 Å². The van der Waals surface area contributed by atoms with E-state index in [9.17, 15) is 19.2 Å². The molecule has 0 bridgehead atoms. The summed E-state index contributed by atoms with van der Waals surface area (Å²) in [6.45, 7) is 0.716. The Morgan fingerprint density at radius 2 is 1.97 bits per heavy atom. The molecule has 5 atom stereocenters. The van der Waals surface area contributed by atoms with Gasteiger partial charge >= 0.3 is 17.9 Å². The molecule has 0 radical (unpaired) electrons. The van der Waals surface area contributed by atoms with Crippen LogP contribution in [0, 0.1) is 11.8 Å². The maximum atomic E-state index is 13.2. The van der Waals surface area contributed by atoms with E-state index in [1.165, 1.54) is 31.1 Å². The third-order valence-electron chi connectivity index (χ3n) is 6.47. The lowest BCUT2D eigenvalue weighted by atomic mass is 10.0. The number of thioether (sulfide) groups is 1. The first-order valence-electron chi connectivity index (χ1n) is 12.6. The highest BCUT2D eigenvalue weighted by molar-refractivity contribution is 7.98. The predicted molar refractivity (Wildman–Crippen MR) is 143 cm³/mol. The normalized spacial score (nSPS) is 24.0. The Balaban J connectivity index is 1.73. The van der Waals surface area contributed by atoms with Crippen molar-refractivity contribution in [2.45, 2.75) is 50.9 Å². The molecule has 3 rings (SSSR count). The van der Waals surface area contributed by atoms with Gasteiger partial charge in [0, 0.05) is 12.3 Å². The number of rotatable bonds is 11. The first kappa shape index (κ1) is 30.9. The Bertz CT molecular complexity index is 1020. The maximum Gasteiger partial charge on any atom is 0.332 e. The molecule has 2 aliphatic rings. The summed E-state index contributed by atoms with van der Waals surface area (Å²) in [7, 11) is 3.85. The summed E-state index contributed by atoms with van der Waals surface area (Å²) in [6.07, 6.45) is 5.47. The standard InChI is InChI=1S/C25H35N2O10PS/c1-14-20(36-13-39-3)16(11-38)24(30)33-10-17(25(31)37-14)27-22(28)19-21(18(32-2)8-9-26-19)34-12-35-23(29)15-6-4-5-7-15/h8-9,14-17,20H,4-7,10-13,38H2,1-3H3,(H,27,28)/t14-,16+,17-,20-/m0/s1. The number of carbonyl (C=O) groups excluding carboxylic acids is 4. The summed E-state index contributed by atoms with van der Waals surface area (Å²) in [6, 6.07) is 0.148. The number of carbonyl (C=O) groups is 4. The van der Waals surface area contributed by atoms with Crippen LogP contribution in [-0.4, -0.2) is 85.9 Å². The summed E-state index contributed by atoms with van der Waals surface area (Å²) in [4.78, 5) is 55.3. The third-order valence-corrected chi connectivity index (χ3v) is 7.35. The first-order valence-corrected chi connectivity index (χ1v) is 14.8. The molecule has 1 aliphatic heterocycles. The van der Waals surface area contributed by atoms with Crippen LogP contribution in [0.4, 0.5) is 0 Å². The van der Waals surface area contributed by atoms with Gasteiger partial charge in [-0.3, -0.25) is 14.4 Å². The van der Waals surface area contributed by atoms with Crippen molar-refractivity contribution in [1.82, 2.24) is 10.3 Å².